The van der Waals surface area contributed by atoms with Crippen LogP contribution in [0.3, 0.4) is 0 Å². The second kappa shape index (κ2) is 5.33. The smallest absolute Gasteiger partial charge is 0.237 e. The molecule has 0 aliphatic heterocycles. The SMILES string of the molecule is COc1ccc(-c2nc(SC)cc(=O)s2)cc1. The second-order valence-electron chi connectivity index (χ2n) is 3.25. The lowest BCUT2D eigenvalue weighted by Crippen LogP contribution is -1.96. The van der Waals surface area contributed by atoms with Crippen LogP contribution in [0.1, 0.15) is 0 Å². The summed E-state index contributed by atoms with van der Waals surface area (Å²) in [5.41, 5.74) is 0.934. The summed E-state index contributed by atoms with van der Waals surface area (Å²) in [5.74, 6) is 0.794. The number of hydrogen-bond acceptors (Lipinski definition) is 5. The number of benzene rings is 1. The first-order chi connectivity index (χ1) is 8.22. The van der Waals surface area contributed by atoms with Crippen LogP contribution in [0.5, 0.6) is 5.75 Å². The summed E-state index contributed by atoms with van der Waals surface area (Å²) in [6, 6.07) is 9.09. The van der Waals surface area contributed by atoms with Gasteiger partial charge in [-0.2, -0.15) is 0 Å². The largest absolute Gasteiger partial charge is 0.497 e. The van der Waals surface area contributed by atoms with E-state index < -0.39 is 0 Å². The van der Waals surface area contributed by atoms with Gasteiger partial charge in [-0.15, -0.1) is 11.8 Å². The number of thioether (sulfide) groups is 1. The van der Waals surface area contributed by atoms with Gasteiger partial charge in [-0.3, -0.25) is 4.79 Å². The number of methoxy groups -OCH3 is 1. The summed E-state index contributed by atoms with van der Waals surface area (Å²) in [6.07, 6.45) is 1.91. The monoisotopic (exact) mass is 265 g/mol. The predicted molar refractivity (Wildman–Crippen MR) is 72.2 cm³/mol. The van der Waals surface area contributed by atoms with Crippen molar-refractivity contribution in [2.75, 3.05) is 13.4 Å². The van der Waals surface area contributed by atoms with Crippen LogP contribution in [0.4, 0.5) is 0 Å². The van der Waals surface area contributed by atoms with Gasteiger partial charge in [0, 0.05) is 11.6 Å². The van der Waals surface area contributed by atoms with Crippen molar-refractivity contribution in [3.05, 3.63) is 39.9 Å². The van der Waals surface area contributed by atoms with Gasteiger partial charge in [-0.05, 0) is 30.5 Å². The van der Waals surface area contributed by atoms with E-state index in [9.17, 15) is 4.79 Å². The fourth-order valence-corrected chi connectivity index (χ4v) is 2.64. The first-order valence-corrected chi connectivity index (χ1v) is 6.97. The fourth-order valence-electron chi connectivity index (χ4n) is 1.34. The maximum absolute atomic E-state index is 11.5. The van der Waals surface area contributed by atoms with Crippen molar-refractivity contribution in [1.29, 1.82) is 0 Å². The number of aromatic nitrogens is 1. The molecule has 0 saturated carbocycles. The lowest BCUT2D eigenvalue weighted by Gasteiger charge is -2.03. The minimum absolute atomic E-state index is 0.0233. The Morgan fingerprint density at radius 3 is 2.59 bits per heavy atom. The van der Waals surface area contributed by atoms with E-state index in [0.29, 0.717) is 0 Å². The molecule has 3 nitrogen and oxygen atoms in total. The average Bonchev–Trinajstić information content (AvgIpc) is 2.38. The van der Waals surface area contributed by atoms with Gasteiger partial charge in [0.05, 0.1) is 7.11 Å². The molecule has 0 N–H and O–H groups in total. The van der Waals surface area contributed by atoms with E-state index in [1.165, 1.54) is 11.8 Å². The molecule has 0 amide bonds. The first-order valence-electron chi connectivity index (χ1n) is 4.93. The van der Waals surface area contributed by atoms with Crippen molar-refractivity contribution in [3.8, 4) is 16.3 Å². The molecule has 1 heterocycles. The van der Waals surface area contributed by atoms with Gasteiger partial charge in [0.15, 0.2) is 0 Å². The number of nitrogens with zero attached hydrogens (tertiary/aromatic N) is 1. The Labute approximate surface area is 107 Å². The standard InChI is InChI=1S/C12H11NO2S2/c1-15-9-5-3-8(4-6-9)12-13-10(16-2)7-11(14)17-12/h3-7H,1-2H3. The normalized spacial score (nSPS) is 10.2. The van der Waals surface area contributed by atoms with E-state index in [-0.39, 0.29) is 4.74 Å². The van der Waals surface area contributed by atoms with E-state index >= 15 is 0 Å². The van der Waals surface area contributed by atoms with E-state index in [0.717, 1.165) is 32.7 Å². The van der Waals surface area contributed by atoms with Crippen molar-refractivity contribution in [3.63, 3.8) is 0 Å². The minimum Gasteiger partial charge on any atom is -0.497 e. The number of ether oxygens (including phenoxy) is 1. The zero-order chi connectivity index (χ0) is 12.3. The Morgan fingerprint density at radius 2 is 2.00 bits per heavy atom. The zero-order valence-corrected chi connectivity index (χ0v) is 11.1. The maximum Gasteiger partial charge on any atom is 0.237 e. The molecule has 0 fully saturated rings. The Kier molecular flexibility index (Phi) is 3.81. The van der Waals surface area contributed by atoms with Crippen LogP contribution in [-0.4, -0.2) is 18.3 Å². The highest BCUT2D eigenvalue weighted by molar-refractivity contribution is 7.98. The number of hydrogen-bond donors (Lipinski definition) is 0. The molecule has 17 heavy (non-hydrogen) atoms. The number of rotatable bonds is 3. The van der Waals surface area contributed by atoms with Gasteiger partial charge in [0.1, 0.15) is 15.8 Å². The topological polar surface area (TPSA) is 39.2 Å². The predicted octanol–water partition coefficient (Wildman–Crippen LogP) is 2.90. The van der Waals surface area contributed by atoms with E-state index in [2.05, 4.69) is 4.98 Å². The van der Waals surface area contributed by atoms with Crippen LogP contribution in [0, 0.1) is 0 Å². The maximum atomic E-state index is 11.5. The Balaban J connectivity index is 2.44. The Hall–Kier alpha value is -1.33. The van der Waals surface area contributed by atoms with Crippen molar-refractivity contribution in [1.82, 2.24) is 4.98 Å². The lowest BCUT2D eigenvalue weighted by molar-refractivity contribution is 0.415. The zero-order valence-electron chi connectivity index (χ0n) is 9.47. The highest BCUT2D eigenvalue weighted by Gasteiger charge is 2.04. The molecule has 0 saturated heterocycles. The third kappa shape index (κ3) is 2.87. The fraction of sp³-hybridized carbons (Fsp3) is 0.167. The average molecular weight is 265 g/mol. The molecule has 2 aromatic rings. The van der Waals surface area contributed by atoms with Gasteiger partial charge < -0.3 is 4.74 Å². The lowest BCUT2D eigenvalue weighted by atomic mass is 10.2. The van der Waals surface area contributed by atoms with E-state index in [1.54, 1.807) is 13.2 Å². The van der Waals surface area contributed by atoms with Crippen LogP contribution in [0.15, 0.2) is 40.2 Å². The van der Waals surface area contributed by atoms with Crippen LogP contribution in [0.25, 0.3) is 10.6 Å². The van der Waals surface area contributed by atoms with Crippen LogP contribution >= 0.6 is 23.1 Å². The summed E-state index contributed by atoms with van der Waals surface area (Å²) in [5, 5.41) is 1.49. The third-order valence-corrected chi connectivity index (χ3v) is 3.66. The molecule has 2 rings (SSSR count). The van der Waals surface area contributed by atoms with Gasteiger partial charge in [-0.25, -0.2) is 4.98 Å². The summed E-state index contributed by atoms with van der Waals surface area (Å²) in [4.78, 5) is 15.9. The molecule has 0 radical (unpaired) electrons. The van der Waals surface area contributed by atoms with Crippen LogP contribution in [0.2, 0.25) is 0 Å². The quantitative estimate of drug-likeness (QED) is 0.800. The Morgan fingerprint density at radius 1 is 1.29 bits per heavy atom. The molecular weight excluding hydrogens is 254 g/mol. The Bertz CT molecular complexity index is 563. The van der Waals surface area contributed by atoms with Crippen molar-refractivity contribution >= 4 is 23.1 Å². The highest BCUT2D eigenvalue weighted by atomic mass is 32.2. The molecule has 88 valence electrons. The van der Waals surface area contributed by atoms with Gasteiger partial charge >= 0.3 is 0 Å². The first kappa shape index (κ1) is 12.1. The van der Waals surface area contributed by atoms with Crippen LogP contribution < -0.4 is 9.48 Å². The third-order valence-electron chi connectivity index (χ3n) is 2.20. The minimum atomic E-state index is 0.0233. The molecule has 0 aliphatic rings. The van der Waals surface area contributed by atoms with Crippen molar-refractivity contribution < 1.29 is 4.74 Å². The highest BCUT2D eigenvalue weighted by Crippen LogP contribution is 2.24. The van der Waals surface area contributed by atoms with E-state index in [1.807, 2.05) is 30.5 Å². The summed E-state index contributed by atoms with van der Waals surface area (Å²) in [7, 11) is 1.62. The molecule has 0 atom stereocenters. The van der Waals surface area contributed by atoms with Gasteiger partial charge in [-0.1, -0.05) is 11.3 Å². The second-order valence-corrected chi connectivity index (χ2v) is 5.07. The van der Waals surface area contributed by atoms with Crippen molar-refractivity contribution in [2.24, 2.45) is 0 Å². The summed E-state index contributed by atoms with van der Waals surface area (Å²) < 4.78 is 5.11. The molecule has 1 aromatic heterocycles. The molecule has 5 heteroatoms. The molecule has 1 aromatic carbocycles. The summed E-state index contributed by atoms with van der Waals surface area (Å²) in [6.45, 7) is 0. The molecule has 0 unspecified atom stereocenters. The van der Waals surface area contributed by atoms with Crippen LogP contribution in [-0.2, 0) is 0 Å². The van der Waals surface area contributed by atoms with E-state index in [4.69, 9.17) is 4.74 Å². The molecule has 0 aliphatic carbocycles. The van der Waals surface area contributed by atoms with Gasteiger partial charge in [0.2, 0.25) is 4.74 Å². The molecule has 0 bridgehead atoms. The molecule has 0 spiro atoms. The summed E-state index contributed by atoms with van der Waals surface area (Å²) >= 11 is 2.62. The van der Waals surface area contributed by atoms with Gasteiger partial charge in [0.25, 0.3) is 0 Å². The van der Waals surface area contributed by atoms with Crippen molar-refractivity contribution in [2.45, 2.75) is 5.03 Å². The molecular formula is C12H11NO2S2.